The van der Waals surface area contributed by atoms with Crippen molar-refractivity contribution in [1.29, 1.82) is 0 Å². The average molecular weight is 769 g/mol. The van der Waals surface area contributed by atoms with Gasteiger partial charge in [0.05, 0.1) is 17.5 Å². The fraction of sp³-hybridized carbons (Fsp3) is 0.211. The SMILES string of the molecule is O=C1C2CC=C3C(CC4(Cl)C(=O)N(c5c(F)c(F)c(F)c(F)c5F)C(=O)C4(Cl)C3c3ccc(O)cc3)C2C(=O)N1c1ccc(Nc2ccccc2)cc1. The number of fused-ring (bicyclic) bond motifs is 4. The van der Waals surface area contributed by atoms with Gasteiger partial charge in [-0.3, -0.25) is 24.1 Å². The van der Waals surface area contributed by atoms with Crippen molar-refractivity contribution in [1.82, 2.24) is 0 Å². The van der Waals surface area contributed by atoms with Gasteiger partial charge in [-0.15, -0.1) is 23.2 Å². The van der Waals surface area contributed by atoms with E-state index in [2.05, 4.69) is 5.32 Å². The summed E-state index contributed by atoms with van der Waals surface area (Å²) in [6.45, 7) is 0. The molecule has 2 aliphatic carbocycles. The van der Waals surface area contributed by atoms with Gasteiger partial charge in [0.1, 0.15) is 11.4 Å². The number of nitrogens with zero attached hydrogens (tertiary/aromatic N) is 2. The molecule has 0 radical (unpaired) electrons. The Hall–Kier alpha value is -5.27. The highest BCUT2D eigenvalue weighted by molar-refractivity contribution is 6.58. The van der Waals surface area contributed by atoms with Crippen LogP contribution in [0, 0.1) is 46.8 Å². The van der Waals surface area contributed by atoms with E-state index in [4.69, 9.17) is 23.2 Å². The minimum Gasteiger partial charge on any atom is -0.508 e. The number of imide groups is 2. The molecule has 4 aliphatic rings. The number of para-hydroxylation sites is 1. The van der Waals surface area contributed by atoms with E-state index in [9.17, 15) is 37.5 Å². The molecule has 2 saturated heterocycles. The molecule has 8 nitrogen and oxygen atoms in total. The number of carbonyl (C=O) groups is 4. The molecule has 3 fully saturated rings. The van der Waals surface area contributed by atoms with Gasteiger partial charge in [-0.1, -0.05) is 42.0 Å². The number of halogens is 7. The second-order valence-corrected chi connectivity index (χ2v) is 14.6. The molecular weight excluding hydrogens is 744 g/mol. The third kappa shape index (κ3) is 4.79. The van der Waals surface area contributed by atoms with Gasteiger partial charge >= 0.3 is 0 Å². The van der Waals surface area contributed by atoms with E-state index < -0.39 is 98.2 Å². The van der Waals surface area contributed by atoms with Crippen molar-refractivity contribution >= 4 is 69.6 Å². The van der Waals surface area contributed by atoms with E-state index in [0.29, 0.717) is 11.3 Å². The first kappa shape index (κ1) is 34.8. The minimum atomic E-state index is -2.65. The lowest BCUT2D eigenvalue weighted by Crippen LogP contribution is -2.60. The predicted molar refractivity (Wildman–Crippen MR) is 183 cm³/mol. The van der Waals surface area contributed by atoms with Crippen LogP contribution in [-0.2, 0) is 19.2 Å². The van der Waals surface area contributed by atoms with Crippen molar-refractivity contribution in [3.8, 4) is 5.75 Å². The second-order valence-electron chi connectivity index (χ2n) is 13.3. The summed E-state index contributed by atoms with van der Waals surface area (Å²) < 4.78 is 73.3. The highest BCUT2D eigenvalue weighted by atomic mass is 35.5. The van der Waals surface area contributed by atoms with Crippen molar-refractivity contribution in [2.24, 2.45) is 17.8 Å². The number of nitrogens with one attached hydrogen (secondary N) is 1. The zero-order valence-electron chi connectivity index (χ0n) is 26.9. The third-order valence-electron chi connectivity index (χ3n) is 10.6. The van der Waals surface area contributed by atoms with Gasteiger partial charge in [-0.2, -0.15) is 0 Å². The lowest BCUT2D eigenvalue weighted by atomic mass is 9.56. The Labute approximate surface area is 307 Å². The number of alkyl halides is 2. The number of allylic oxidation sites excluding steroid dienone is 2. The summed E-state index contributed by atoms with van der Waals surface area (Å²) >= 11 is 14.2. The summed E-state index contributed by atoms with van der Waals surface area (Å²) in [6.07, 6.45) is 0.971. The maximum absolute atomic E-state index is 15.2. The van der Waals surface area contributed by atoms with E-state index in [0.717, 1.165) is 10.6 Å². The summed E-state index contributed by atoms with van der Waals surface area (Å²) in [4.78, 5) is 52.4. The Balaban J connectivity index is 1.22. The number of phenolic OH excluding ortho intramolecular Hbond substituents is 1. The molecule has 0 spiro atoms. The summed E-state index contributed by atoms with van der Waals surface area (Å²) in [5.41, 5.74) is 0.366. The number of hydrogen-bond acceptors (Lipinski definition) is 6. The smallest absolute Gasteiger partial charge is 0.258 e. The van der Waals surface area contributed by atoms with Crippen molar-refractivity contribution in [2.75, 3.05) is 15.1 Å². The number of aromatic hydroxyl groups is 1. The molecule has 6 atom stereocenters. The van der Waals surface area contributed by atoms with Gasteiger partial charge in [0, 0.05) is 17.3 Å². The number of anilines is 4. The lowest BCUT2D eigenvalue weighted by molar-refractivity contribution is -0.125. The lowest BCUT2D eigenvalue weighted by Gasteiger charge is -2.50. The molecule has 2 N–H and O–H groups in total. The maximum atomic E-state index is 15.2. The Morgan fingerprint density at radius 2 is 1.26 bits per heavy atom. The third-order valence-corrected chi connectivity index (χ3v) is 12.0. The second kappa shape index (κ2) is 12.1. The zero-order valence-corrected chi connectivity index (χ0v) is 28.4. The minimum absolute atomic E-state index is 0.00838. The fourth-order valence-electron chi connectivity index (χ4n) is 8.24. The first-order chi connectivity index (χ1) is 25.2. The normalized spacial score (nSPS) is 27.8. The van der Waals surface area contributed by atoms with E-state index in [-0.39, 0.29) is 28.3 Å². The van der Waals surface area contributed by atoms with Crippen molar-refractivity contribution in [3.05, 3.63) is 125 Å². The average Bonchev–Trinajstić information content (AvgIpc) is 3.49. The molecule has 53 heavy (non-hydrogen) atoms. The maximum Gasteiger partial charge on any atom is 0.258 e. The van der Waals surface area contributed by atoms with Crippen LogP contribution in [0.1, 0.15) is 24.3 Å². The van der Waals surface area contributed by atoms with Crippen molar-refractivity contribution < 1.29 is 46.2 Å². The molecule has 4 amide bonds. The number of hydrogen-bond donors (Lipinski definition) is 2. The number of rotatable bonds is 5. The first-order valence-electron chi connectivity index (χ1n) is 16.3. The highest BCUT2D eigenvalue weighted by Gasteiger charge is 2.77. The molecule has 6 unspecified atom stereocenters. The van der Waals surface area contributed by atoms with E-state index >= 15 is 8.78 Å². The molecular formula is C38H24Cl2F5N3O5. The number of benzene rings is 4. The van der Waals surface area contributed by atoms with Crippen LogP contribution in [0.3, 0.4) is 0 Å². The molecule has 1 saturated carbocycles. The summed E-state index contributed by atoms with van der Waals surface area (Å²) in [5, 5.41) is 13.3. The Morgan fingerprint density at radius 1 is 0.679 bits per heavy atom. The number of phenols is 1. The van der Waals surface area contributed by atoms with Gasteiger partial charge in [0.15, 0.2) is 33.0 Å². The van der Waals surface area contributed by atoms with Crippen molar-refractivity contribution in [3.63, 3.8) is 0 Å². The number of amides is 4. The molecule has 0 aromatic heterocycles. The molecule has 8 rings (SSSR count). The standard InChI is InChI=1S/C38H24Cl2F5N3O5/c39-37-16-24-22(14-15-23-25(24)34(51)47(33(23)50)20-10-8-19(9-11-20)46-18-4-2-1-3-5-18)26(17-6-12-21(49)13-7-17)38(37,40)36(53)48(35(37)52)32-30(44)28(42)27(41)29(43)31(32)45/h1-14,23-26,46,49H,15-16H2. The van der Waals surface area contributed by atoms with Gasteiger partial charge in [-0.25, -0.2) is 26.9 Å². The first-order valence-corrected chi connectivity index (χ1v) is 17.0. The molecule has 0 bridgehead atoms. The summed E-state index contributed by atoms with van der Waals surface area (Å²) in [5.74, 6) is -21.4. The van der Waals surface area contributed by atoms with E-state index in [1.54, 1.807) is 30.3 Å². The molecule has 2 aliphatic heterocycles. The monoisotopic (exact) mass is 767 g/mol. The largest absolute Gasteiger partial charge is 0.508 e. The van der Waals surface area contributed by atoms with Crippen LogP contribution < -0.4 is 15.1 Å². The summed E-state index contributed by atoms with van der Waals surface area (Å²) in [6, 6.07) is 21.0. The van der Waals surface area contributed by atoms with Crippen molar-refractivity contribution in [2.45, 2.75) is 28.5 Å². The van der Waals surface area contributed by atoms with Crippen LogP contribution in [0.25, 0.3) is 0 Å². The predicted octanol–water partition coefficient (Wildman–Crippen LogP) is 7.60. The Morgan fingerprint density at radius 3 is 1.89 bits per heavy atom. The number of carbonyl (C=O) groups excluding carboxylic acids is 4. The zero-order chi connectivity index (χ0) is 37.7. The Kier molecular flexibility index (Phi) is 7.97. The van der Waals surface area contributed by atoms with E-state index in [1.165, 1.54) is 24.3 Å². The van der Waals surface area contributed by atoms with Crippen LogP contribution in [-0.4, -0.2) is 38.5 Å². The van der Waals surface area contributed by atoms with Crippen LogP contribution in [0.4, 0.5) is 44.7 Å². The van der Waals surface area contributed by atoms with Crippen LogP contribution in [0.5, 0.6) is 5.75 Å². The fourth-order valence-corrected chi connectivity index (χ4v) is 9.18. The van der Waals surface area contributed by atoms with Gasteiger partial charge in [-0.05, 0) is 72.9 Å². The topological polar surface area (TPSA) is 107 Å². The van der Waals surface area contributed by atoms with Gasteiger partial charge < -0.3 is 10.4 Å². The van der Waals surface area contributed by atoms with Gasteiger partial charge in [0.25, 0.3) is 11.8 Å². The van der Waals surface area contributed by atoms with Crippen LogP contribution >= 0.6 is 23.2 Å². The molecule has 4 aromatic carbocycles. The Bertz CT molecular complexity index is 2260. The molecule has 15 heteroatoms. The van der Waals surface area contributed by atoms with E-state index in [1.807, 2.05) is 30.3 Å². The summed E-state index contributed by atoms with van der Waals surface area (Å²) in [7, 11) is 0. The van der Waals surface area contributed by atoms with Crippen LogP contribution in [0.15, 0.2) is 90.5 Å². The molecule has 4 aromatic rings. The van der Waals surface area contributed by atoms with Crippen LogP contribution in [0.2, 0.25) is 0 Å². The highest BCUT2D eigenvalue weighted by Crippen LogP contribution is 2.66. The quantitative estimate of drug-likeness (QED) is 0.0542. The van der Waals surface area contributed by atoms with Gasteiger partial charge in [0.2, 0.25) is 17.6 Å². The molecule has 2 heterocycles. The molecule has 270 valence electrons.